The van der Waals surface area contributed by atoms with Crippen LogP contribution in [0.5, 0.6) is 0 Å². The normalized spacial score (nSPS) is 10.9. The fourth-order valence-electron chi connectivity index (χ4n) is 0.972. The summed E-state index contributed by atoms with van der Waals surface area (Å²) in [6.45, 7) is 6.68. The van der Waals surface area contributed by atoms with Crippen LogP contribution in [0.4, 0.5) is 0 Å². The monoisotopic (exact) mass is 210 g/mol. The molecule has 0 unspecified atom stereocenters. The van der Waals surface area contributed by atoms with E-state index in [9.17, 15) is 0 Å². The molecule has 0 aliphatic heterocycles. The first-order valence-corrected chi connectivity index (χ1v) is 8.47. The van der Waals surface area contributed by atoms with Crippen molar-refractivity contribution in [1.82, 2.24) is 0 Å². The molecule has 0 radical (unpaired) electrons. The summed E-state index contributed by atoms with van der Waals surface area (Å²) in [5.74, 6) is 0. The van der Waals surface area contributed by atoms with Crippen molar-refractivity contribution < 1.29 is 0 Å². The molecule has 0 N–H and O–H groups in total. The predicted molar refractivity (Wildman–Crippen MR) is 63.6 cm³/mol. The van der Waals surface area contributed by atoms with Crippen molar-refractivity contribution in [1.29, 1.82) is 0 Å². The lowest BCUT2D eigenvalue weighted by Crippen LogP contribution is -2.14. The van der Waals surface area contributed by atoms with Gasteiger partial charge in [0.25, 0.3) is 0 Å². The number of hydrogen-bond acceptors (Lipinski definition) is 0. The van der Waals surface area contributed by atoms with Gasteiger partial charge in [0.1, 0.15) is 7.38 Å². The highest BCUT2D eigenvalue weighted by Gasteiger charge is 2.14. The summed E-state index contributed by atoms with van der Waals surface area (Å²) in [7, 11) is -1.23. The van der Waals surface area contributed by atoms with Crippen LogP contribution in [0.25, 0.3) is 0 Å². The standard InChI is InChI=1S/C8H19ClSi.H4Si/c1-4-5-6-7-8-10(2,3)9;/h4-8H2,1-3H3;1H4. The molecule has 0 saturated carbocycles. The van der Waals surface area contributed by atoms with Crippen molar-refractivity contribution in [3.8, 4) is 0 Å². The second-order valence-electron chi connectivity index (χ2n) is 3.53. The Kier molecular flexibility index (Phi) is 9.56. The maximum atomic E-state index is 6.15. The van der Waals surface area contributed by atoms with Gasteiger partial charge in [-0.2, -0.15) is 11.1 Å². The fraction of sp³-hybridized carbons (Fsp3) is 1.00. The van der Waals surface area contributed by atoms with Crippen molar-refractivity contribution >= 4 is 29.4 Å². The third-order valence-electron chi connectivity index (χ3n) is 1.62. The zero-order valence-electron chi connectivity index (χ0n) is 7.41. The predicted octanol–water partition coefficient (Wildman–Crippen LogP) is 2.56. The molecular weight excluding hydrogens is 188 g/mol. The summed E-state index contributed by atoms with van der Waals surface area (Å²) in [5.41, 5.74) is 0. The lowest BCUT2D eigenvalue weighted by Gasteiger charge is -2.11. The zero-order valence-corrected chi connectivity index (χ0v) is 9.17. The Morgan fingerprint density at radius 3 is 2.00 bits per heavy atom. The van der Waals surface area contributed by atoms with Gasteiger partial charge in [-0.15, -0.1) is 0 Å². The topological polar surface area (TPSA) is 0 Å². The van der Waals surface area contributed by atoms with Gasteiger partial charge < -0.3 is 0 Å². The van der Waals surface area contributed by atoms with E-state index in [0.717, 1.165) is 0 Å². The van der Waals surface area contributed by atoms with E-state index >= 15 is 0 Å². The Morgan fingerprint density at radius 1 is 1.09 bits per heavy atom. The van der Waals surface area contributed by atoms with Gasteiger partial charge >= 0.3 is 0 Å². The summed E-state index contributed by atoms with van der Waals surface area (Å²) < 4.78 is 0. The smallest absolute Gasteiger partial charge is 0.150 e. The van der Waals surface area contributed by atoms with Crippen molar-refractivity contribution in [2.75, 3.05) is 0 Å². The molecule has 0 spiro atoms. The average Bonchev–Trinajstić information content (AvgIpc) is 1.78. The molecule has 0 heterocycles. The summed E-state index contributed by atoms with van der Waals surface area (Å²) in [6, 6.07) is 1.29. The van der Waals surface area contributed by atoms with Gasteiger partial charge in [-0.25, -0.2) is 0 Å². The first kappa shape index (κ1) is 14.3. The first-order chi connectivity index (χ1) is 4.56. The van der Waals surface area contributed by atoms with E-state index in [0.29, 0.717) is 0 Å². The van der Waals surface area contributed by atoms with Gasteiger partial charge in [-0.05, 0) is 17.0 Å². The van der Waals surface area contributed by atoms with Gasteiger partial charge in [-0.3, -0.25) is 0 Å². The molecule has 3 heteroatoms. The van der Waals surface area contributed by atoms with E-state index < -0.39 is 7.38 Å². The van der Waals surface area contributed by atoms with Gasteiger partial charge in [0, 0.05) is 0 Å². The van der Waals surface area contributed by atoms with Crippen LogP contribution >= 0.6 is 11.1 Å². The minimum absolute atomic E-state index is 0. The molecule has 0 bridgehead atoms. The van der Waals surface area contributed by atoms with Crippen molar-refractivity contribution in [2.24, 2.45) is 0 Å². The Balaban J connectivity index is 0. The quantitative estimate of drug-likeness (QED) is 0.372. The van der Waals surface area contributed by atoms with Crippen LogP contribution < -0.4 is 0 Å². The molecule has 70 valence electrons. The molecule has 11 heavy (non-hydrogen) atoms. The first-order valence-electron chi connectivity index (χ1n) is 4.25. The van der Waals surface area contributed by atoms with Gasteiger partial charge in [0.2, 0.25) is 0 Å². The maximum Gasteiger partial charge on any atom is 0.150 e. The molecule has 0 aromatic rings. The lowest BCUT2D eigenvalue weighted by molar-refractivity contribution is 0.698. The SMILES string of the molecule is CCCCCC[Si](C)(C)Cl.[SiH4]. The Hall–Kier alpha value is 0.724. The Bertz CT molecular complexity index is 78.7. The summed E-state index contributed by atoms with van der Waals surface area (Å²) in [4.78, 5) is 0. The summed E-state index contributed by atoms with van der Waals surface area (Å²) in [5, 5.41) is 0. The van der Waals surface area contributed by atoms with E-state index in [2.05, 4.69) is 20.0 Å². The highest BCUT2D eigenvalue weighted by molar-refractivity contribution is 7.19. The second kappa shape index (κ2) is 7.38. The molecule has 0 aliphatic carbocycles. The average molecular weight is 211 g/mol. The molecule has 0 aromatic heterocycles. The Labute approximate surface area is 81.5 Å². The van der Waals surface area contributed by atoms with Crippen molar-refractivity contribution in [3.05, 3.63) is 0 Å². The van der Waals surface area contributed by atoms with E-state index in [-0.39, 0.29) is 11.0 Å². The number of hydrogen-bond donors (Lipinski definition) is 0. The van der Waals surface area contributed by atoms with Crippen LogP contribution in [-0.2, 0) is 0 Å². The van der Waals surface area contributed by atoms with Gasteiger partial charge in [-0.1, -0.05) is 45.7 Å². The Morgan fingerprint density at radius 2 is 1.64 bits per heavy atom. The summed E-state index contributed by atoms with van der Waals surface area (Å²) >= 11 is 6.15. The molecule has 0 nitrogen and oxygen atoms in total. The van der Waals surface area contributed by atoms with Crippen LogP contribution in [0.2, 0.25) is 19.1 Å². The molecule has 0 fully saturated rings. The molecule has 0 aromatic carbocycles. The van der Waals surface area contributed by atoms with E-state index in [1.807, 2.05) is 0 Å². The molecule has 0 amide bonds. The van der Waals surface area contributed by atoms with E-state index in [1.54, 1.807) is 0 Å². The minimum atomic E-state index is -1.23. The summed E-state index contributed by atoms with van der Waals surface area (Å²) in [6.07, 6.45) is 5.42. The molecule has 0 rings (SSSR count). The van der Waals surface area contributed by atoms with Gasteiger partial charge in [0.05, 0.1) is 0 Å². The van der Waals surface area contributed by atoms with Gasteiger partial charge in [0.15, 0.2) is 0 Å². The fourth-order valence-corrected chi connectivity index (χ4v) is 2.46. The number of halogens is 1. The second-order valence-corrected chi connectivity index (χ2v) is 10.5. The van der Waals surface area contributed by atoms with Crippen LogP contribution in [0.15, 0.2) is 0 Å². The minimum Gasteiger partial charge on any atom is -0.168 e. The maximum absolute atomic E-state index is 6.15. The van der Waals surface area contributed by atoms with Crippen LogP contribution in [-0.4, -0.2) is 18.3 Å². The third kappa shape index (κ3) is 13.7. The van der Waals surface area contributed by atoms with Crippen molar-refractivity contribution in [3.63, 3.8) is 0 Å². The van der Waals surface area contributed by atoms with Crippen LogP contribution in [0.3, 0.4) is 0 Å². The molecular formula is C8H23ClSi2. The lowest BCUT2D eigenvalue weighted by atomic mass is 10.2. The van der Waals surface area contributed by atoms with Crippen LogP contribution in [0, 0.1) is 0 Å². The largest absolute Gasteiger partial charge is 0.168 e. The highest BCUT2D eigenvalue weighted by Crippen LogP contribution is 2.18. The molecule has 0 saturated heterocycles. The van der Waals surface area contributed by atoms with E-state index in [4.69, 9.17) is 11.1 Å². The number of rotatable bonds is 5. The van der Waals surface area contributed by atoms with Crippen LogP contribution in [0.1, 0.15) is 32.6 Å². The zero-order chi connectivity index (χ0) is 8.04. The molecule has 0 atom stereocenters. The number of unbranched alkanes of at least 4 members (excludes halogenated alkanes) is 3. The van der Waals surface area contributed by atoms with Crippen molar-refractivity contribution in [2.45, 2.75) is 51.7 Å². The van der Waals surface area contributed by atoms with E-state index in [1.165, 1.54) is 31.7 Å². The highest BCUT2D eigenvalue weighted by atomic mass is 35.6. The molecule has 0 aliphatic rings. The third-order valence-corrected chi connectivity index (χ3v) is 3.73.